The molecular weight excluding hydrogens is 372 g/mol. The van der Waals surface area contributed by atoms with E-state index >= 15 is 0 Å². The van der Waals surface area contributed by atoms with Gasteiger partial charge >= 0.3 is 5.97 Å². The first-order chi connectivity index (χ1) is 12.7. The molecule has 0 saturated heterocycles. The van der Waals surface area contributed by atoms with Gasteiger partial charge in [-0.1, -0.05) is 23.9 Å². The van der Waals surface area contributed by atoms with Gasteiger partial charge in [0.2, 0.25) is 0 Å². The summed E-state index contributed by atoms with van der Waals surface area (Å²) in [6.07, 6.45) is 3.65. The molecule has 0 radical (unpaired) electrons. The highest BCUT2D eigenvalue weighted by atomic mass is 32.2. The molecule has 9 heteroatoms. The molecule has 7 nitrogen and oxygen atoms in total. The summed E-state index contributed by atoms with van der Waals surface area (Å²) in [6.45, 7) is 0.143. The summed E-state index contributed by atoms with van der Waals surface area (Å²) < 4.78 is 12.6. The molecule has 3 heterocycles. The standard InChI is InChI=1S/C17H14N4O3S2/c1-21-7-11(6-18-21)16-19-12(9-25-16)8-23-15(22)10-26-17-20-13-4-2-3-5-14(13)24-17/h2-7,9H,8,10H2,1H3. The third-order valence-electron chi connectivity index (χ3n) is 3.47. The van der Waals surface area contributed by atoms with Crippen molar-refractivity contribution in [1.82, 2.24) is 19.7 Å². The number of fused-ring (bicyclic) bond motifs is 1. The van der Waals surface area contributed by atoms with Crippen molar-refractivity contribution in [2.24, 2.45) is 7.05 Å². The number of hydrogen-bond donors (Lipinski definition) is 0. The molecule has 0 spiro atoms. The number of para-hydroxylation sites is 2. The zero-order valence-electron chi connectivity index (χ0n) is 13.8. The van der Waals surface area contributed by atoms with Crippen LogP contribution in [0.25, 0.3) is 21.7 Å². The minimum atomic E-state index is -0.340. The van der Waals surface area contributed by atoms with Crippen LogP contribution in [0.3, 0.4) is 0 Å². The maximum atomic E-state index is 11.9. The number of rotatable bonds is 6. The van der Waals surface area contributed by atoms with Crippen molar-refractivity contribution in [3.63, 3.8) is 0 Å². The Balaban J connectivity index is 1.29. The first-order valence-corrected chi connectivity index (χ1v) is 9.61. The van der Waals surface area contributed by atoms with E-state index in [1.807, 2.05) is 42.9 Å². The first-order valence-electron chi connectivity index (χ1n) is 7.75. The van der Waals surface area contributed by atoms with Gasteiger partial charge in [-0.25, -0.2) is 9.97 Å². The molecule has 3 aromatic heterocycles. The first kappa shape index (κ1) is 16.8. The molecule has 0 N–H and O–H groups in total. The van der Waals surface area contributed by atoms with Crippen LogP contribution in [-0.2, 0) is 23.2 Å². The number of esters is 1. The summed E-state index contributed by atoms with van der Waals surface area (Å²) in [7, 11) is 1.86. The predicted molar refractivity (Wildman–Crippen MR) is 98.8 cm³/mol. The molecule has 0 amide bonds. The number of aromatic nitrogens is 4. The molecule has 0 atom stereocenters. The summed E-state index contributed by atoms with van der Waals surface area (Å²) in [4.78, 5) is 20.7. The lowest BCUT2D eigenvalue weighted by atomic mass is 10.3. The lowest BCUT2D eigenvalue weighted by Crippen LogP contribution is -2.07. The molecule has 0 saturated carbocycles. The van der Waals surface area contributed by atoms with Gasteiger partial charge in [0, 0.05) is 24.2 Å². The largest absolute Gasteiger partial charge is 0.459 e. The van der Waals surface area contributed by atoms with E-state index in [2.05, 4.69) is 15.1 Å². The highest BCUT2D eigenvalue weighted by molar-refractivity contribution is 7.99. The normalized spacial score (nSPS) is 11.1. The fourth-order valence-corrected chi connectivity index (χ4v) is 3.68. The van der Waals surface area contributed by atoms with Crippen LogP contribution in [-0.4, -0.2) is 31.5 Å². The molecule has 4 rings (SSSR count). The topological polar surface area (TPSA) is 83.0 Å². The Morgan fingerprint density at radius 3 is 3.04 bits per heavy atom. The third kappa shape index (κ3) is 3.78. The molecule has 1 aromatic carbocycles. The van der Waals surface area contributed by atoms with Gasteiger partial charge in [-0.15, -0.1) is 11.3 Å². The van der Waals surface area contributed by atoms with Crippen molar-refractivity contribution in [3.8, 4) is 10.6 Å². The smallest absolute Gasteiger partial charge is 0.316 e. The molecule has 132 valence electrons. The number of oxazole rings is 1. The van der Waals surface area contributed by atoms with Crippen LogP contribution in [0, 0.1) is 0 Å². The van der Waals surface area contributed by atoms with Crippen LogP contribution in [0.4, 0.5) is 0 Å². The molecule has 0 aliphatic heterocycles. The molecule has 0 bridgehead atoms. The van der Waals surface area contributed by atoms with E-state index in [1.54, 1.807) is 10.9 Å². The van der Waals surface area contributed by atoms with Crippen LogP contribution in [0.5, 0.6) is 0 Å². The minimum absolute atomic E-state index is 0.131. The zero-order valence-corrected chi connectivity index (χ0v) is 15.4. The Morgan fingerprint density at radius 1 is 1.35 bits per heavy atom. The van der Waals surface area contributed by atoms with Crippen LogP contribution in [0.15, 0.2) is 51.7 Å². The van der Waals surface area contributed by atoms with Gasteiger partial charge < -0.3 is 9.15 Å². The maximum absolute atomic E-state index is 11.9. The average molecular weight is 386 g/mol. The van der Waals surface area contributed by atoms with Crippen molar-refractivity contribution < 1.29 is 13.9 Å². The summed E-state index contributed by atoms with van der Waals surface area (Å²) >= 11 is 2.71. The SMILES string of the molecule is Cn1cc(-c2nc(COC(=O)CSc3nc4ccccc4o3)cs2)cn1. The number of nitrogens with zero attached hydrogens (tertiary/aromatic N) is 4. The van der Waals surface area contributed by atoms with Crippen molar-refractivity contribution in [1.29, 1.82) is 0 Å². The number of benzene rings is 1. The highest BCUT2D eigenvalue weighted by Crippen LogP contribution is 2.24. The maximum Gasteiger partial charge on any atom is 0.316 e. The Bertz CT molecular complexity index is 1020. The number of thioether (sulfide) groups is 1. The second-order valence-corrected chi connectivity index (χ2v) is 7.23. The predicted octanol–water partition coefficient (Wildman–Crippen LogP) is 3.52. The van der Waals surface area contributed by atoms with Crippen LogP contribution in [0.1, 0.15) is 5.69 Å². The molecule has 0 unspecified atom stereocenters. The Labute approximate surface area is 157 Å². The lowest BCUT2D eigenvalue weighted by Gasteiger charge is -2.01. The minimum Gasteiger partial charge on any atom is -0.459 e. The number of thiazole rings is 1. The number of aryl methyl sites for hydroxylation is 1. The van der Waals surface area contributed by atoms with E-state index in [4.69, 9.17) is 9.15 Å². The van der Waals surface area contributed by atoms with Crippen LogP contribution >= 0.6 is 23.1 Å². The zero-order chi connectivity index (χ0) is 17.9. The average Bonchev–Trinajstić information content (AvgIpc) is 3.36. The fourth-order valence-electron chi connectivity index (χ4n) is 2.27. The van der Waals surface area contributed by atoms with Crippen LogP contribution < -0.4 is 0 Å². The second kappa shape index (κ2) is 7.30. The van der Waals surface area contributed by atoms with E-state index < -0.39 is 0 Å². The highest BCUT2D eigenvalue weighted by Gasteiger charge is 2.12. The molecule has 0 aliphatic rings. The summed E-state index contributed by atoms with van der Waals surface area (Å²) in [5.74, 6) is -0.208. The molecule has 0 aliphatic carbocycles. The Hall–Kier alpha value is -2.65. The summed E-state index contributed by atoms with van der Waals surface area (Å²) in [5, 5.41) is 7.31. The van der Waals surface area contributed by atoms with E-state index in [1.165, 1.54) is 23.1 Å². The summed E-state index contributed by atoms with van der Waals surface area (Å²) in [6, 6.07) is 7.47. The van der Waals surface area contributed by atoms with Crippen molar-refractivity contribution in [2.75, 3.05) is 5.75 Å². The number of hydrogen-bond acceptors (Lipinski definition) is 8. The van der Waals surface area contributed by atoms with E-state index in [0.717, 1.165) is 16.1 Å². The van der Waals surface area contributed by atoms with Gasteiger partial charge in [0.05, 0.1) is 11.9 Å². The van der Waals surface area contributed by atoms with Crippen molar-refractivity contribution in [2.45, 2.75) is 11.8 Å². The molecular formula is C17H14N4O3S2. The van der Waals surface area contributed by atoms with E-state index in [-0.39, 0.29) is 18.3 Å². The van der Waals surface area contributed by atoms with Gasteiger partial charge in [0.15, 0.2) is 5.58 Å². The molecule has 26 heavy (non-hydrogen) atoms. The van der Waals surface area contributed by atoms with Gasteiger partial charge in [-0.3, -0.25) is 9.48 Å². The summed E-state index contributed by atoms with van der Waals surface area (Å²) in [5.41, 5.74) is 3.14. The van der Waals surface area contributed by atoms with Gasteiger partial charge in [0.1, 0.15) is 22.9 Å². The third-order valence-corrected chi connectivity index (χ3v) is 5.21. The van der Waals surface area contributed by atoms with Gasteiger partial charge in [-0.2, -0.15) is 5.10 Å². The fraction of sp³-hybridized carbons (Fsp3) is 0.176. The Kier molecular flexibility index (Phi) is 4.72. The quantitative estimate of drug-likeness (QED) is 0.370. The van der Waals surface area contributed by atoms with Crippen LogP contribution in [0.2, 0.25) is 0 Å². The molecule has 4 aromatic rings. The van der Waals surface area contributed by atoms with Gasteiger partial charge in [0.25, 0.3) is 5.22 Å². The number of ether oxygens (including phenoxy) is 1. The van der Waals surface area contributed by atoms with Crippen molar-refractivity contribution in [3.05, 3.63) is 47.7 Å². The van der Waals surface area contributed by atoms with E-state index in [0.29, 0.717) is 16.5 Å². The number of carbonyl (C=O) groups excluding carboxylic acids is 1. The van der Waals surface area contributed by atoms with E-state index in [9.17, 15) is 4.79 Å². The number of carbonyl (C=O) groups is 1. The second-order valence-electron chi connectivity index (χ2n) is 5.44. The Morgan fingerprint density at radius 2 is 2.23 bits per heavy atom. The lowest BCUT2D eigenvalue weighted by molar-refractivity contribution is -0.141. The van der Waals surface area contributed by atoms with Crippen molar-refractivity contribution >= 4 is 40.2 Å². The monoisotopic (exact) mass is 386 g/mol. The molecule has 0 fully saturated rings. The van der Waals surface area contributed by atoms with Gasteiger partial charge in [-0.05, 0) is 12.1 Å².